The van der Waals surface area contributed by atoms with Crippen molar-refractivity contribution in [3.05, 3.63) is 28.8 Å². The number of hydrogen-bond donors (Lipinski definition) is 1. The van der Waals surface area contributed by atoms with Crippen molar-refractivity contribution in [2.75, 3.05) is 7.11 Å². The number of methoxy groups -OCH3 is 1. The Morgan fingerprint density at radius 2 is 1.68 bits per heavy atom. The lowest BCUT2D eigenvalue weighted by molar-refractivity contribution is -0.143. The third-order valence-corrected chi connectivity index (χ3v) is 3.99. The van der Waals surface area contributed by atoms with Crippen molar-refractivity contribution >= 4 is 0 Å². The third kappa shape index (κ3) is 3.16. The van der Waals surface area contributed by atoms with E-state index in [-0.39, 0.29) is 12.0 Å². The zero-order chi connectivity index (χ0) is 16.7. The van der Waals surface area contributed by atoms with Gasteiger partial charge in [0.05, 0.1) is 18.2 Å². The molecule has 0 saturated heterocycles. The van der Waals surface area contributed by atoms with Crippen LogP contribution in [0.4, 0.5) is 26.3 Å². The molecule has 0 aliphatic heterocycles. The molecule has 0 bridgehead atoms. The van der Waals surface area contributed by atoms with Crippen molar-refractivity contribution in [3.63, 3.8) is 0 Å². The predicted octanol–water partition coefficient (Wildman–Crippen LogP) is 4.53. The van der Waals surface area contributed by atoms with Gasteiger partial charge in [-0.3, -0.25) is 0 Å². The maximum atomic E-state index is 13.2. The molecular formula is C14H15F6NO. The average molecular weight is 327 g/mol. The molecule has 2 N–H and O–H groups in total. The van der Waals surface area contributed by atoms with Gasteiger partial charge in [0, 0.05) is 11.6 Å². The summed E-state index contributed by atoms with van der Waals surface area (Å²) in [5.74, 6) is -0.645. The van der Waals surface area contributed by atoms with E-state index in [1.807, 2.05) is 0 Å². The Labute approximate surface area is 123 Å². The van der Waals surface area contributed by atoms with Crippen molar-refractivity contribution in [2.45, 2.75) is 37.7 Å². The van der Waals surface area contributed by atoms with Gasteiger partial charge in [0.25, 0.3) is 0 Å². The van der Waals surface area contributed by atoms with Crippen LogP contribution in [0.25, 0.3) is 0 Å². The average Bonchev–Trinajstić information content (AvgIpc) is 2.32. The van der Waals surface area contributed by atoms with Gasteiger partial charge < -0.3 is 10.5 Å². The van der Waals surface area contributed by atoms with Crippen LogP contribution in [0.3, 0.4) is 0 Å². The van der Waals surface area contributed by atoms with Crippen LogP contribution in [0.1, 0.15) is 42.0 Å². The first-order valence-electron chi connectivity index (χ1n) is 6.67. The highest BCUT2D eigenvalue weighted by Gasteiger charge is 2.42. The van der Waals surface area contributed by atoms with Crippen LogP contribution >= 0.6 is 0 Å². The van der Waals surface area contributed by atoms with E-state index in [2.05, 4.69) is 0 Å². The maximum absolute atomic E-state index is 13.2. The molecule has 2 rings (SSSR count). The van der Waals surface area contributed by atoms with Crippen molar-refractivity contribution in [1.82, 2.24) is 0 Å². The number of nitrogens with two attached hydrogens (primary N) is 1. The molecule has 22 heavy (non-hydrogen) atoms. The first kappa shape index (κ1) is 16.9. The lowest BCUT2D eigenvalue weighted by Crippen LogP contribution is -2.30. The van der Waals surface area contributed by atoms with Gasteiger partial charge in [0.1, 0.15) is 5.75 Å². The highest BCUT2D eigenvalue weighted by atomic mass is 19.4. The second-order valence-corrected chi connectivity index (χ2v) is 5.35. The van der Waals surface area contributed by atoms with Crippen LogP contribution in [-0.4, -0.2) is 7.11 Å². The molecule has 0 amide bonds. The molecule has 8 heteroatoms. The second kappa shape index (κ2) is 5.64. The number of halogens is 6. The fourth-order valence-electron chi connectivity index (χ4n) is 2.57. The smallest absolute Gasteiger partial charge is 0.416 e. The van der Waals surface area contributed by atoms with Gasteiger partial charge in [0.2, 0.25) is 0 Å². The molecule has 124 valence electrons. The molecule has 1 aromatic carbocycles. The summed E-state index contributed by atoms with van der Waals surface area (Å²) in [5.41, 5.74) is 2.70. The monoisotopic (exact) mass is 327 g/mol. The molecule has 1 aliphatic rings. The fraction of sp³-hybridized carbons (Fsp3) is 0.571. The molecule has 1 aliphatic carbocycles. The standard InChI is InChI=1S/C14H15F6NO/c1-22-10-6-8(13(15,16)17)5-9(14(18,19)20)11(10)12(21)7-3-2-4-7/h5-7,12H,2-4,21H2,1H3/t12-/m0/s1. The van der Waals surface area contributed by atoms with E-state index in [0.29, 0.717) is 18.9 Å². The summed E-state index contributed by atoms with van der Waals surface area (Å²) < 4.78 is 82.7. The summed E-state index contributed by atoms with van der Waals surface area (Å²) in [6, 6.07) is -0.318. The largest absolute Gasteiger partial charge is 0.496 e. The molecule has 0 spiro atoms. The first-order chi connectivity index (χ1) is 10.1. The SMILES string of the molecule is COc1cc(C(F)(F)F)cc(C(F)(F)F)c1[C@@H](N)C1CCC1. The molecular weight excluding hydrogens is 312 g/mol. The Kier molecular flexibility index (Phi) is 4.34. The van der Waals surface area contributed by atoms with Crippen molar-refractivity contribution in [3.8, 4) is 5.75 Å². The lowest BCUT2D eigenvalue weighted by Gasteiger charge is -2.33. The van der Waals surface area contributed by atoms with E-state index in [1.54, 1.807) is 0 Å². The summed E-state index contributed by atoms with van der Waals surface area (Å²) in [6.07, 6.45) is -7.68. The van der Waals surface area contributed by atoms with Gasteiger partial charge in [-0.2, -0.15) is 26.3 Å². The Hall–Kier alpha value is -1.44. The van der Waals surface area contributed by atoms with E-state index >= 15 is 0 Å². The van der Waals surface area contributed by atoms with Crippen LogP contribution in [0.5, 0.6) is 5.75 Å². The normalized spacial score (nSPS) is 18.0. The first-order valence-corrected chi connectivity index (χ1v) is 6.67. The lowest BCUT2D eigenvalue weighted by atomic mass is 9.76. The Balaban J connectivity index is 2.63. The molecule has 1 fully saturated rings. The minimum atomic E-state index is -4.94. The van der Waals surface area contributed by atoms with Gasteiger partial charge in [-0.15, -0.1) is 0 Å². The predicted molar refractivity (Wildman–Crippen MR) is 67.3 cm³/mol. The Morgan fingerprint density at radius 3 is 2.05 bits per heavy atom. The number of benzene rings is 1. The quantitative estimate of drug-likeness (QED) is 0.828. The minimum Gasteiger partial charge on any atom is -0.496 e. The molecule has 0 aromatic heterocycles. The Bertz CT molecular complexity index is 547. The summed E-state index contributed by atoms with van der Waals surface area (Å²) in [5, 5.41) is 0. The molecule has 1 aromatic rings. The van der Waals surface area contributed by atoms with Gasteiger partial charge in [-0.25, -0.2) is 0 Å². The van der Waals surface area contributed by atoms with Crippen molar-refractivity contribution in [1.29, 1.82) is 0 Å². The van der Waals surface area contributed by atoms with Gasteiger partial charge >= 0.3 is 12.4 Å². The molecule has 1 atom stereocenters. The van der Waals surface area contributed by atoms with E-state index in [1.165, 1.54) is 0 Å². The highest BCUT2D eigenvalue weighted by Crippen LogP contribution is 2.47. The van der Waals surface area contributed by atoms with Gasteiger partial charge in [-0.05, 0) is 30.9 Å². The molecule has 0 radical (unpaired) electrons. The van der Waals surface area contributed by atoms with Crippen molar-refractivity contribution < 1.29 is 31.1 Å². The van der Waals surface area contributed by atoms with Gasteiger partial charge in [0.15, 0.2) is 0 Å². The number of alkyl halides is 6. The second-order valence-electron chi connectivity index (χ2n) is 5.35. The number of ether oxygens (including phenoxy) is 1. The minimum absolute atomic E-state index is 0.108. The third-order valence-electron chi connectivity index (χ3n) is 3.99. The number of hydrogen-bond acceptors (Lipinski definition) is 2. The van der Waals surface area contributed by atoms with Crippen LogP contribution in [0.15, 0.2) is 12.1 Å². The van der Waals surface area contributed by atoms with E-state index in [0.717, 1.165) is 13.5 Å². The molecule has 0 unspecified atom stereocenters. The molecule has 1 saturated carbocycles. The van der Waals surface area contributed by atoms with Crippen LogP contribution in [0.2, 0.25) is 0 Å². The van der Waals surface area contributed by atoms with Crippen LogP contribution in [-0.2, 0) is 12.4 Å². The summed E-state index contributed by atoms with van der Waals surface area (Å²) >= 11 is 0. The summed E-state index contributed by atoms with van der Waals surface area (Å²) in [4.78, 5) is 0. The molecule has 2 nitrogen and oxygen atoms in total. The molecule has 0 heterocycles. The summed E-state index contributed by atoms with van der Waals surface area (Å²) in [7, 11) is 1.03. The van der Waals surface area contributed by atoms with E-state index in [4.69, 9.17) is 10.5 Å². The number of rotatable bonds is 3. The Morgan fingerprint density at radius 1 is 1.09 bits per heavy atom. The highest BCUT2D eigenvalue weighted by molar-refractivity contribution is 5.48. The van der Waals surface area contributed by atoms with Crippen LogP contribution < -0.4 is 10.5 Å². The topological polar surface area (TPSA) is 35.2 Å². The zero-order valence-electron chi connectivity index (χ0n) is 11.7. The summed E-state index contributed by atoms with van der Waals surface area (Å²) in [6.45, 7) is 0. The van der Waals surface area contributed by atoms with E-state index < -0.39 is 40.8 Å². The fourth-order valence-corrected chi connectivity index (χ4v) is 2.57. The van der Waals surface area contributed by atoms with E-state index in [9.17, 15) is 26.3 Å². The van der Waals surface area contributed by atoms with Gasteiger partial charge in [-0.1, -0.05) is 6.42 Å². The van der Waals surface area contributed by atoms with Crippen molar-refractivity contribution in [2.24, 2.45) is 11.7 Å². The van der Waals surface area contributed by atoms with Crippen LogP contribution in [0, 0.1) is 5.92 Å². The maximum Gasteiger partial charge on any atom is 0.416 e. The zero-order valence-corrected chi connectivity index (χ0v) is 11.7.